The zero-order valence-corrected chi connectivity index (χ0v) is 45.3. The molecule has 2 aromatic carbocycles. The van der Waals surface area contributed by atoms with Gasteiger partial charge in [0.05, 0.1) is 70.6 Å². The zero-order chi connectivity index (χ0) is 56.2. The number of hydrogen-bond acceptors (Lipinski definition) is 16. The van der Waals surface area contributed by atoms with Crippen LogP contribution in [0.4, 0.5) is 20.7 Å². The second-order valence-electron chi connectivity index (χ2n) is 18.5. The minimum atomic E-state index is -4.20. The lowest BCUT2D eigenvalue weighted by molar-refractivity contribution is -0.668. The van der Waals surface area contributed by atoms with Crippen LogP contribution in [0.25, 0.3) is 11.0 Å². The number of carbonyl (C=O) groups is 5. The van der Waals surface area contributed by atoms with Gasteiger partial charge >= 0.3 is 6.03 Å². The maximum atomic E-state index is 15.1. The van der Waals surface area contributed by atoms with Gasteiger partial charge in [-0.25, -0.2) is 23.5 Å². The van der Waals surface area contributed by atoms with E-state index in [-0.39, 0.29) is 112 Å². The number of nitrogen functional groups attached to an aromatic ring is 1. The summed E-state index contributed by atoms with van der Waals surface area (Å²) in [7, 11) is -4.20. The first-order valence-electron chi connectivity index (χ1n) is 25.1. The number of amides is 4. The average molecular weight is 1110 g/mol. The maximum Gasteiger partial charge on any atom is 0.312 e. The molecule has 1 fully saturated rings. The standard InChI is InChI=1S/C51H69FN10O14S.CH3/c1-5-75-40-10-6-9-38(52)37(40)16-13-35-29-62(50-46(67)45(66)41(76-50)27-58-77(55,70)71)49-43(35)47(53)57-30-61(49)28-33-11-14-36(15-12-33)59-48(68)34(8-7-19-56-51(54)69)26-39(64)44(31(2)3)60-42(65)18-21-73-23-25-74-24-22-72-20-17-32(4)63;/h6,9-12,14-15,29-31,34,41,44-46,50,53,58,66-67H,5,7-8,17-28H2,1-4H3,(H7,54,55,56,59,60,65,68,69,70,71);1H3/q;-1/p+1/t34-,41-,44+,45-,46-,50-;/m1./s1. The van der Waals surface area contributed by atoms with E-state index in [0.717, 1.165) is 0 Å². The van der Waals surface area contributed by atoms with Crippen molar-refractivity contribution >= 4 is 62.2 Å². The third kappa shape index (κ3) is 19.4. The summed E-state index contributed by atoms with van der Waals surface area (Å²) in [5.41, 5.74) is 13.3. The number of nitrogens with one attached hydrogen (secondary N) is 4. The van der Waals surface area contributed by atoms with Crippen LogP contribution in [0.1, 0.15) is 82.7 Å². The maximum absolute atomic E-state index is 15.1. The summed E-state index contributed by atoms with van der Waals surface area (Å²) in [5.74, 6) is 2.93. The molecule has 4 amide bonds. The van der Waals surface area contributed by atoms with Gasteiger partial charge in [-0.15, -0.1) is 0 Å². The third-order valence-corrected chi connectivity index (χ3v) is 12.7. The Morgan fingerprint density at radius 1 is 0.962 bits per heavy atom. The third-order valence-electron chi connectivity index (χ3n) is 12.1. The second-order valence-corrected chi connectivity index (χ2v) is 19.8. The molecule has 5 rings (SSSR count). The largest absolute Gasteiger partial charge is 0.492 e. The Morgan fingerprint density at radius 2 is 1.63 bits per heavy atom. The highest BCUT2D eigenvalue weighted by atomic mass is 32.2. The van der Waals surface area contributed by atoms with Crippen LogP contribution in [-0.2, 0) is 54.9 Å². The van der Waals surface area contributed by atoms with Crippen molar-refractivity contribution in [2.75, 3.05) is 70.4 Å². The van der Waals surface area contributed by atoms with Gasteiger partial charge in [-0.2, -0.15) is 13.1 Å². The number of hydrogen-bond donors (Lipinski definition) is 9. The molecule has 26 heteroatoms. The molecule has 0 unspecified atom stereocenters. The Bertz CT molecular complexity index is 2840. The summed E-state index contributed by atoms with van der Waals surface area (Å²) >= 11 is 0. The number of fused-ring (bicyclic) bond motifs is 1. The van der Waals surface area contributed by atoms with Gasteiger partial charge in [0.1, 0.15) is 46.6 Å². The SMILES string of the molecule is CCOc1cccc(F)c1C#Cc1cn([C@@H]2O[C@H](CNS(N)(=O)=O)[C@@H](O)[C@H]2O)c2c1c(N)nc[n+]2Cc1ccc(NC(=O)[C@H](CCCNC(N)=O)CC(=O)[C@@H](NC(=O)CCOCCOCCOCCC(C)=O)C(C)C)cc1.[CH3-]. The zero-order valence-electron chi connectivity index (χ0n) is 44.5. The van der Waals surface area contributed by atoms with Crippen molar-refractivity contribution in [2.24, 2.45) is 22.7 Å². The van der Waals surface area contributed by atoms with Crippen LogP contribution in [0, 0.1) is 36.9 Å². The fourth-order valence-corrected chi connectivity index (χ4v) is 8.65. The number of nitrogens with two attached hydrogens (primary N) is 3. The number of carbonyl (C=O) groups excluding carboxylic acids is 5. The van der Waals surface area contributed by atoms with Gasteiger partial charge < -0.3 is 68.7 Å². The van der Waals surface area contributed by atoms with Crippen LogP contribution in [0.5, 0.6) is 5.75 Å². The number of nitrogens with zero attached hydrogens (tertiary/aromatic N) is 3. The van der Waals surface area contributed by atoms with Crippen molar-refractivity contribution in [1.29, 1.82) is 0 Å². The van der Waals surface area contributed by atoms with E-state index in [4.69, 9.17) is 40.3 Å². The van der Waals surface area contributed by atoms with E-state index in [1.54, 1.807) is 55.7 Å². The topological polar surface area (TPSA) is 354 Å². The molecule has 6 atom stereocenters. The number of ether oxygens (including phenoxy) is 5. The summed E-state index contributed by atoms with van der Waals surface area (Å²) in [5, 5.41) is 35.9. The first kappa shape index (κ1) is 63.9. The predicted molar refractivity (Wildman–Crippen MR) is 285 cm³/mol. The molecule has 0 aliphatic carbocycles. The van der Waals surface area contributed by atoms with Crippen molar-refractivity contribution in [1.82, 2.24) is 24.9 Å². The smallest absolute Gasteiger partial charge is 0.312 e. The fourth-order valence-electron chi connectivity index (χ4n) is 8.25. The number of aromatic nitrogens is 3. The highest BCUT2D eigenvalue weighted by Gasteiger charge is 2.47. The highest BCUT2D eigenvalue weighted by Crippen LogP contribution is 2.35. The molecule has 0 radical (unpaired) electrons. The molecule has 1 aliphatic heterocycles. The lowest BCUT2D eigenvalue weighted by Crippen LogP contribution is -2.45. The van der Waals surface area contributed by atoms with Crippen molar-refractivity contribution in [3.63, 3.8) is 0 Å². The van der Waals surface area contributed by atoms with Crippen LogP contribution in [-0.4, -0.2) is 141 Å². The molecule has 0 spiro atoms. The van der Waals surface area contributed by atoms with Gasteiger partial charge in [0.2, 0.25) is 35.8 Å². The Morgan fingerprint density at radius 3 is 2.26 bits per heavy atom. The molecular formula is C52H73FN10O14S. The number of primary amides is 1. The molecule has 12 N–H and O–H groups in total. The summed E-state index contributed by atoms with van der Waals surface area (Å²) < 4.78 is 71.7. The van der Waals surface area contributed by atoms with Crippen LogP contribution in [0.15, 0.2) is 55.0 Å². The van der Waals surface area contributed by atoms with Gasteiger partial charge in [-0.1, -0.05) is 48.9 Å². The number of benzene rings is 2. The number of halogens is 1. The molecule has 0 bridgehead atoms. The second kappa shape index (κ2) is 31.1. The first-order valence-corrected chi connectivity index (χ1v) is 26.6. The van der Waals surface area contributed by atoms with Crippen molar-refractivity contribution in [3.05, 3.63) is 84.9 Å². The Labute approximate surface area is 453 Å². The van der Waals surface area contributed by atoms with Gasteiger partial charge in [0, 0.05) is 44.0 Å². The number of anilines is 2. The lowest BCUT2D eigenvalue weighted by atomic mass is 9.89. The van der Waals surface area contributed by atoms with Crippen LogP contribution < -0.4 is 46.6 Å². The normalized spacial score (nSPS) is 16.9. The molecular weight excluding hydrogens is 1040 g/mol. The summed E-state index contributed by atoms with van der Waals surface area (Å²) in [6.45, 7) is 8.36. The molecule has 3 heterocycles. The molecule has 428 valence electrons. The van der Waals surface area contributed by atoms with Gasteiger partial charge in [-0.05, 0) is 62.4 Å². The highest BCUT2D eigenvalue weighted by molar-refractivity contribution is 7.87. The summed E-state index contributed by atoms with van der Waals surface area (Å²) in [4.78, 5) is 67.6. The van der Waals surface area contributed by atoms with E-state index in [2.05, 4.69) is 37.5 Å². The minimum absolute atomic E-state index is 0. The number of urea groups is 1. The van der Waals surface area contributed by atoms with Crippen LogP contribution in [0.3, 0.4) is 0 Å². The Balaban J connectivity index is 0.0000131. The van der Waals surface area contributed by atoms with Crippen molar-refractivity contribution in [3.8, 4) is 17.6 Å². The van der Waals surface area contributed by atoms with E-state index in [1.165, 1.54) is 36.1 Å². The van der Waals surface area contributed by atoms with Crippen molar-refractivity contribution < 1.29 is 75.2 Å². The Hall–Kier alpha value is -6.67. The van der Waals surface area contributed by atoms with E-state index in [0.29, 0.717) is 49.6 Å². The predicted octanol–water partition coefficient (Wildman–Crippen LogP) is 1.28. The average Bonchev–Trinajstić information content (AvgIpc) is 4.01. The van der Waals surface area contributed by atoms with Gasteiger partial charge in [0.15, 0.2) is 5.78 Å². The van der Waals surface area contributed by atoms with Crippen molar-refractivity contribution in [2.45, 2.75) is 96.9 Å². The van der Waals surface area contributed by atoms with Gasteiger partial charge in [0.25, 0.3) is 10.2 Å². The van der Waals surface area contributed by atoms with Crippen LogP contribution >= 0.6 is 0 Å². The fraction of sp³-hybridized carbons (Fsp3) is 0.500. The molecule has 4 aromatic rings. The van der Waals surface area contributed by atoms with Gasteiger partial charge in [-0.3, -0.25) is 19.2 Å². The number of Topliss-reactive ketones (excluding diaryl/α,β-unsaturated/α-hetero) is 2. The first-order chi connectivity index (χ1) is 36.7. The monoisotopic (exact) mass is 1110 g/mol. The summed E-state index contributed by atoms with van der Waals surface area (Å²) in [6.07, 6.45) is -2.29. The minimum Gasteiger partial charge on any atom is -0.492 e. The molecule has 24 nitrogen and oxygen atoms in total. The molecule has 1 saturated heterocycles. The number of rotatable bonds is 31. The number of aliphatic hydroxyl groups excluding tert-OH is 2. The molecule has 2 aromatic heterocycles. The number of ketones is 2. The quantitative estimate of drug-likeness (QED) is 0.0148. The Kier molecular flexibility index (Phi) is 25.4. The van der Waals surface area contributed by atoms with E-state index < -0.39 is 76.9 Å². The van der Waals surface area contributed by atoms with Crippen LogP contribution in [0.2, 0.25) is 0 Å². The number of aliphatic hydroxyl groups is 2. The van der Waals surface area contributed by atoms with E-state index >= 15 is 4.39 Å². The summed E-state index contributed by atoms with van der Waals surface area (Å²) in [6, 6.07) is 9.36. The van der Waals surface area contributed by atoms with E-state index in [1.807, 2.05) is 0 Å². The molecule has 1 aliphatic rings. The van der Waals surface area contributed by atoms with E-state index in [9.17, 15) is 42.6 Å². The molecule has 78 heavy (non-hydrogen) atoms. The molecule has 0 saturated carbocycles. The lowest BCUT2D eigenvalue weighted by Gasteiger charge is -2.24.